The Labute approximate surface area is 119 Å². The lowest BCUT2D eigenvalue weighted by Gasteiger charge is -2.38. The average Bonchev–Trinajstić information content (AvgIpc) is 2.38. The molecular weight excluding hydrogens is 256 g/mol. The van der Waals surface area contributed by atoms with Crippen LogP contribution in [0.3, 0.4) is 0 Å². The highest BCUT2D eigenvalue weighted by Gasteiger charge is 2.32. The van der Waals surface area contributed by atoms with Crippen LogP contribution in [-0.2, 0) is 4.74 Å². The van der Waals surface area contributed by atoms with E-state index in [9.17, 15) is 10.0 Å². The maximum absolute atomic E-state index is 12.1. The van der Waals surface area contributed by atoms with E-state index >= 15 is 0 Å². The number of carbonyl (C=O) groups is 1. The van der Waals surface area contributed by atoms with Gasteiger partial charge in [0, 0.05) is 19.6 Å². The monoisotopic (exact) mass is 278 g/mol. The first-order valence-corrected chi connectivity index (χ1v) is 6.85. The number of rotatable bonds is 1. The van der Waals surface area contributed by atoms with E-state index in [1.54, 1.807) is 4.90 Å². The summed E-state index contributed by atoms with van der Waals surface area (Å²) in [6.45, 7) is 6.86. The number of carbonyl (C=O) groups excluding carboxylic acids is 1. The van der Waals surface area contributed by atoms with Gasteiger partial charge >= 0.3 is 6.09 Å². The summed E-state index contributed by atoms with van der Waals surface area (Å²) in [5.41, 5.74) is 0.485. The topological polar surface area (TPSA) is 53.0 Å². The van der Waals surface area contributed by atoms with Gasteiger partial charge in [-0.1, -0.05) is 30.3 Å². The summed E-state index contributed by atoms with van der Waals surface area (Å²) in [4.78, 5) is 13.7. The zero-order chi connectivity index (χ0) is 14.8. The predicted molar refractivity (Wildman–Crippen MR) is 75.5 cm³/mol. The summed E-state index contributed by atoms with van der Waals surface area (Å²) in [5, 5.41) is 11.3. The molecule has 1 aromatic carbocycles. The zero-order valence-corrected chi connectivity index (χ0v) is 12.2. The van der Waals surface area contributed by atoms with Crippen LogP contribution in [0.5, 0.6) is 0 Å². The van der Waals surface area contributed by atoms with Crippen molar-refractivity contribution in [2.75, 3.05) is 19.6 Å². The number of amides is 1. The lowest BCUT2D eigenvalue weighted by Crippen LogP contribution is -2.50. The second kappa shape index (κ2) is 5.81. The van der Waals surface area contributed by atoms with Crippen LogP contribution >= 0.6 is 0 Å². The maximum Gasteiger partial charge on any atom is 0.410 e. The number of nitrogens with zero attached hydrogens (tertiary/aromatic N) is 2. The van der Waals surface area contributed by atoms with E-state index < -0.39 is 5.60 Å². The van der Waals surface area contributed by atoms with Crippen molar-refractivity contribution in [1.82, 2.24) is 9.96 Å². The van der Waals surface area contributed by atoms with Crippen molar-refractivity contribution in [3.8, 4) is 0 Å². The number of hydroxylamine groups is 2. The van der Waals surface area contributed by atoms with E-state index in [1.165, 1.54) is 5.06 Å². The molecule has 0 aliphatic carbocycles. The molecule has 1 N–H and O–H groups in total. The molecule has 1 aliphatic heterocycles. The fourth-order valence-corrected chi connectivity index (χ4v) is 2.22. The van der Waals surface area contributed by atoms with Gasteiger partial charge in [0.15, 0.2) is 0 Å². The fraction of sp³-hybridized carbons (Fsp3) is 0.533. The van der Waals surface area contributed by atoms with Crippen molar-refractivity contribution in [3.05, 3.63) is 35.9 Å². The first kappa shape index (κ1) is 14.8. The Morgan fingerprint density at radius 2 is 1.90 bits per heavy atom. The normalized spacial score (nSPS) is 20.8. The molecule has 1 fully saturated rings. The molecule has 5 heteroatoms. The van der Waals surface area contributed by atoms with Gasteiger partial charge in [0.05, 0.1) is 6.04 Å². The quantitative estimate of drug-likeness (QED) is 0.858. The van der Waals surface area contributed by atoms with Crippen molar-refractivity contribution >= 4 is 6.09 Å². The van der Waals surface area contributed by atoms with Crippen LogP contribution in [0.2, 0.25) is 0 Å². The van der Waals surface area contributed by atoms with Crippen molar-refractivity contribution in [3.63, 3.8) is 0 Å². The Bertz CT molecular complexity index is 456. The first-order chi connectivity index (χ1) is 9.37. The van der Waals surface area contributed by atoms with Crippen LogP contribution in [-0.4, -0.2) is 46.5 Å². The van der Waals surface area contributed by atoms with Gasteiger partial charge in [-0.3, -0.25) is 0 Å². The average molecular weight is 278 g/mol. The molecule has 1 heterocycles. The van der Waals surface area contributed by atoms with Crippen LogP contribution in [0.4, 0.5) is 4.79 Å². The van der Waals surface area contributed by atoms with Gasteiger partial charge < -0.3 is 14.8 Å². The fourth-order valence-electron chi connectivity index (χ4n) is 2.22. The predicted octanol–water partition coefficient (Wildman–Crippen LogP) is 2.67. The molecule has 0 spiro atoms. The molecule has 2 rings (SSSR count). The smallest absolute Gasteiger partial charge is 0.410 e. The van der Waals surface area contributed by atoms with Gasteiger partial charge in [-0.15, -0.1) is 0 Å². The highest BCUT2D eigenvalue weighted by atomic mass is 16.6. The minimum absolute atomic E-state index is 0.211. The molecule has 0 radical (unpaired) electrons. The van der Waals surface area contributed by atoms with Crippen LogP contribution in [0.1, 0.15) is 32.4 Å². The van der Waals surface area contributed by atoms with E-state index in [4.69, 9.17) is 4.74 Å². The number of hydrogen-bond donors (Lipinski definition) is 1. The molecule has 1 unspecified atom stereocenters. The van der Waals surface area contributed by atoms with Crippen molar-refractivity contribution in [2.24, 2.45) is 0 Å². The molecule has 0 aromatic heterocycles. The first-order valence-electron chi connectivity index (χ1n) is 6.85. The molecular formula is C15H22N2O3. The third kappa shape index (κ3) is 3.71. The van der Waals surface area contributed by atoms with Crippen molar-refractivity contribution in [2.45, 2.75) is 32.4 Å². The highest BCUT2D eigenvalue weighted by Crippen LogP contribution is 2.24. The summed E-state index contributed by atoms with van der Waals surface area (Å²) in [6, 6.07) is 9.47. The largest absolute Gasteiger partial charge is 0.444 e. The highest BCUT2D eigenvalue weighted by molar-refractivity contribution is 5.68. The van der Waals surface area contributed by atoms with Gasteiger partial charge in [-0.2, -0.15) is 5.06 Å². The molecule has 0 bridgehead atoms. The summed E-state index contributed by atoms with van der Waals surface area (Å²) < 4.78 is 5.38. The standard InChI is InChI=1S/C15H22N2O3/c1-15(2,3)20-14(18)16-9-10-17(19)13(11-16)12-7-5-4-6-8-12/h4-8,13,19H,9-11H2,1-3H3. The van der Waals surface area contributed by atoms with Crippen molar-refractivity contribution < 1.29 is 14.7 Å². The second-order valence-electron chi connectivity index (χ2n) is 6.02. The molecule has 110 valence electrons. The molecule has 1 aromatic rings. The lowest BCUT2D eigenvalue weighted by atomic mass is 10.0. The minimum Gasteiger partial charge on any atom is -0.444 e. The van der Waals surface area contributed by atoms with Gasteiger partial charge in [0.2, 0.25) is 0 Å². The number of hydrogen-bond acceptors (Lipinski definition) is 4. The Morgan fingerprint density at radius 1 is 1.25 bits per heavy atom. The Balaban J connectivity index is 2.07. The van der Waals surface area contributed by atoms with Crippen LogP contribution < -0.4 is 0 Å². The van der Waals surface area contributed by atoms with E-state index in [2.05, 4.69) is 0 Å². The van der Waals surface area contributed by atoms with E-state index in [0.717, 1.165) is 5.56 Å². The summed E-state index contributed by atoms with van der Waals surface area (Å²) in [7, 11) is 0. The number of ether oxygens (including phenoxy) is 1. The Kier molecular flexibility index (Phi) is 4.30. The molecule has 1 amide bonds. The molecule has 1 atom stereocenters. The summed E-state index contributed by atoms with van der Waals surface area (Å²) in [6.07, 6.45) is -0.327. The van der Waals surface area contributed by atoms with Crippen LogP contribution in [0, 0.1) is 0 Å². The zero-order valence-electron chi connectivity index (χ0n) is 12.2. The van der Waals surface area contributed by atoms with E-state index in [0.29, 0.717) is 19.6 Å². The van der Waals surface area contributed by atoms with Gasteiger partial charge in [-0.05, 0) is 26.3 Å². The number of benzene rings is 1. The number of piperazine rings is 1. The second-order valence-corrected chi connectivity index (χ2v) is 6.02. The van der Waals surface area contributed by atoms with Crippen molar-refractivity contribution in [1.29, 1.82) is 0 Å². The molecule has 1 saturated heterocycles. The van der Waals surface area contributed by atoms with Crippen LogP contribution in [0.15, 0.2) is 30.3 Å². The third-order valence-corrected chi connectivity index (χ3v) is 3.19. The van der Waals surface area contributed by atoms with Crippen LogP contribution in [0.25, 0.3) is 0 Å². The van der Waals surface area contributed by atoms with E-state index in [1.807, 2.05) is 51.1 Å². The molecule has 5 nitrogen and oxygen atoms in total. The summed E-state index contributed by atoms with van der Waals surface area (Å²) in [5.74, 6) is 0. The van der Waals surface area contributed by atoms with Gasteiger partial charge in [-0.25, -0.2) is 4.79 Å². The molecule has 1 aliphatic rings. The SMILES string of the molecule is CC(C)(C)OC(=O)N1CCN(O)C(c2ccccc2)C1. The third-order valence-electron chi connectivity index (χ3n) is 3.19. The maximum atomic E-state index is 12.1. The Hall–Kier alpha value is -1.59. The van der Waals surface area contributed by atoms with Gasteiger partial charge in [0.1, 0.15) is 5.60 Å². The lowest BCUT2D eigenvalue weighted by molar-refractivity contribution is -0.155. The summed E-state index contributed by atoms with van der Waals surface area (Å²) >= 11 is 0. The molecule has 0 saturated carbocycles. The van der Waals surface area contributed by atoms with E-state index in [-0.39, 0.29) is 12.1 Å². The Morgan fingerprint density at radius 3 is 2.50 bits per heavy atom. The molecule has 20 heavy (non-hydrogen) atoms. The van der Waals surface area contributed by atoms with Gasteiger partial charge in [0.25, 0.3) is 0 Å². The minimum atomic E-state index is -0.504.